The van der Waals surface area contributed by atoms with Crippen LogP contribution in [-0.4, -0.2) is 61.3 Å². The number of aromatic hydroxyl groups is 5. The third kappa shape index (κ3) is 4.20. The number of ether oxygens (including phenoxy) is 2. The van der Waals surface area contributed by atoms with Crippen molar-refractivity contribution in [2.45, 2.75) is 38.7 Å². The summed E-state index contributed by atoms with van der Waals surface area (Å²) in [6.45, 7) is 2.87. The number of aliphatic hydroxyl groups is 1. The number of hydrogen-bond donors (Lipinski definition) is 6. The first kappa shape index (κ1) is 30.3. The molecule has 0 unspecified atom stereocenters. The van der Waals surface area contributed by atoms with Gasteiger partial charge < -0.3 is 40.1 Å². The van der Waals surface area contributed by atoms with Crippen molar-refractivity contribution in [1.82, 2.24) is 0 Å². The first-order valence-corrected chi connectivity index (χ1v) is 14.1. The van der Waals surface area contributed by atoms with Gasteiger partial charge in [0.05, 0.1) is 29.6 Å². The fourth-order valence-corrected chi connectivity index (χ4v) is 7.03. The number of aliphatic hydroxyl groups excluding tert-OH is 1. The van der Waals surface area contributed by atoms with Crippen LogP contribution in [0.3, 0.4) is 0 Å². The van der Waals surface area contributed by atoms with Crippen LogP contribution in [0.4, 0.5) is 0 Å². The van der Waals surface area contributed by atoms with Gasteiger partial charge in [-0.1, -0.05) is 18.2 Å². The molecule has 3 aromatic carbocycles. The predicted molar refractivity (Wildman–Crippen MR) is 159 cm³/mol. The molecule has 3 atom stereocenters. The summed E-state index contributed by atoms with van der Waals surface area (Å²) < 4.78 is 10.4. The fourth-order valence-electron chi connectivity index (χ4n) is 7.03. The Morgan fingerprint density at radius 2 is 1.63 bits per heavy atom. The number of aryl methyl sites for hydroxylation is 1. The minimum atomic E-state index is -1.52. The lowest BCUT2D eigenvalue weighted by Crippen LogP contribution is -2.42. The van der Waals surface area contributed by atoms with E-state index in [4.69, 9.17) is 4.74 Å². The lowest BCUT2D eigenvalue weighted by atomic mass is 9.61. The third-order valence-electron chi connectivity index (χ3n) is 8.85. The van der Waals surface area contributed by atoms with E-state index in [-0.39, 0.29) is 45.6 Å². The molecule has 7 rings (SSSR count). The Morgan fingerprint density at radius 3 is 2.30 bits per heavy atom. The van der Waals surface area contributed by atoms with Crippen LogP contribution in [0.5, 0.6) is 28.7 Å². The Bertz CT molecular complexity index is 1980. The number of Topliss-reactive ketones (excluding diaryl/α,β-unsaturated/α-hetero) is 2. The Hall–Kier alpha value is -5.78. The van der Waals surface area contributed by atoms with Crippen molar-refractivity contribution in [1.29, 1.82) is 0 Å². The summed E-state index contributed by atoms with van der Waals surface area (Å²) in [4.78, 5) is 52.6. The molecule has 4 aliphatic rings. The Balaban J connectivity index is 1.53. The molecule has 0 heterocycles. The second-order valence-electron chi connectivity index (χ2n) is 11.6. The molecule has 12 heteroatoms. The molecule has 0 saturated heterocycles. The summed E-state index contributed by atoms with van der Waals surface area (Å²) in [6.07, 6.45) is 0.898. The van der Waals surface area contributed by atoms with Crippen molar-refractivity contribution in [2.24, 2.45) is 5.41 Å². The molecule has 0 fully saturated rings. The third-order valence-corrected chi connectivity index (χ3v) is 8.85. The van der Waals surface area contributed by atoms with E-state index in [1.54, 1.807) is 19.1 Å². The number of phenols is 5. The van der Waals surface area contributed by atoms with E-state index in [2.05, 4.69) is 4.74 Å². The molecule has 12 nitrogen and oxygen atoms in total. The topological polar surface area (TPSA) is 208 Å². The van der Waals surface area contributed by atoms with Crippen molar-refractivity contribution in [2.75, 3.05) is 7.11 Å². The molecule has 46 heavy (non-hydrogen) atoms. The average Bonchev–Trinajstić information content (AvgIpc) is 3.20. The van der Waals surface area contributed by atoms with E-state index in [0.29, 0.717) is 5.56 Å². The number of carbonyl (C=O) groups excluding carboxylic acids is 4. The standard InChI is InChI=1S/C34H28O12/c1-13-8-18-25(21(38)9-13)31(43)28-29(41)16-6-7-34(28,32(18)46-14(2)35)12-15-10-22(39)27(30(42)24(15)16)23(40)11-17-19(36)4-5-20(37)26(17)33(44)45-3/h4-10,16,32,36-39,42-43H,11-12H2,1-3H3/t16-,32-,34-/m0/s1. The van der Waals surface area contributed by atoms with Gasteiger partial charge in [0.15, 0.2) is 11.6 Å². The first-order valence-electron chi connectivity index (χ1n) is 14.1. The lowest BCUT2D eigenvalue weighted by Gasteiger charge is -2.44. The minimum Gasteiger partial charge on any atom is -0.508 e. The van der Waals surface area contributed by atoms with Gasteiger partial charge >= 0.3 is 11.9 Å². The molecule has 0 saturated carbocycles. The molecule has 0 amide bonds. The van der Waals surface area contributed by atoms with Gasteiger partial charge in [-0.25, -0.2) is 4.79 Å². The lowest BCUT2D eigenvalue weighted by molar-refractivity contribution is -0.152. The second kappa shape index (κ2) is 10.4. The number of ketones is 2. The highest BCUT2D eigenvalue weighted by Gasteiger charge is 2.58. The van der Waals surface area contributed by atoms with Crippen LogP contribution < -0.4 is 0 Å². The maximum Gasteiger partial charge on any atom is 0.342 e. The van der Waals surface area contributed by atoms with Crippen LogP contribution in [-0.2, 0) is 31.9 Å². The van der Waals surface area contributed by atoms with Crippen LogP contribution in [0, 0.1) is 12.3 Å². The molecule has 0 aromatic heterocycles. The number of methoxy groups -OCH3 is 1. The first-order chi connectivity index (χ1) is 21.7. The number of carbonyl (C=O) groups is 4. The van der Waals surface area contributed by atoms with Gasteiger partial charge in [-0.2, -0.15) is 0 Å². The molecule has 236 valence electrons. The summed E-state index contributed by atoms with van der Waals surface area (Å²) in [5, 5.41) is 65.7. The van der Waals surface area contributed by atoms with Crippen molar-refractivity contribution < 1.29 is 59.3 Å². The molecule has 6 N–H and O–H groups in total. The number of phenolic OH excluding ortho intramolecular Hbond substituents is 5. The number of esters is 2. The fraction of sp³-hybridized carbons (Fsp3) is 0.235. The van der Waals surface area contributed by atoms with Gasteiger partial charge in [-0.15, -0.1) is 0 Å². The van der Waals surface area contributed by atoms with Crippen molar-refractivity contribution >= 4 is 29.3 Å². The number of allylic oxidation sites excluding steroid dienone is 1. The van der Waals surface area contributed by atoms with Gasteiger partial charge in [0, 0.05) is 30.0 Å². The highest BCUT2D eigenvalue weighted by Crippen LogP contribution is 2.62. The molecule has 1 spiro atoms. The van der Waals surface area contributed by atoms with Crippen LogP contribution in [0.15, 0.2) is 48.1 Å². The van der Waals surface area contributed by atoms with Crippen LogP contribution in [0.25, 0.3) is 5.76 Å². The number of benzene rings is 3. The van der Waals surface area contributed by atoms with Gasteiger partial charge in [0.2, 0.25) is 0 Å². The monoisotopic (exact) mass is 628 g/mol. The van der Waals surface area contributed by atoms with Crippen LogP contribution in [0.2, 0.25) is 0 Å². The summed E-state index contributed by atoms with van der Waals surface area (Å²) in [5.41, 5.74) is -2.18. The normalized spacial score (nSPS) is 20.8. The Kier molecular flexibility index (Phi) is 6.84. The van der Waals surface area contributed by atoms with E-state index in [0.717, 1.165) is 19.2 Å². The van der Waals surface area contributed by atoms with E-state index < -0.39 is 87.2 Å². The van der Waals surface area contributed by atoms with Gasteiger partial charge in [-0.3, -0.25) is 14.4 Å². The Labute approximate surface area is 261 Å². The SMILES string of the molecule is COC(=O)c1c(O)ccc(O)c1CC(=O)c1c(O)cc2c(c1O)[C@@H]1C=C[C@]3(C2)C(=C(O)c2c(O)cc(C)cc2[C@@H]3OC(C)=O)C1=O. The number of hydrogen-bond acceptors (Lipinski definition) is 12. The molecule has 0 radical (unpaired) electrons. The van der Waals surface area contributed by atoms with Crippen molar-refractivity contribution in [3.05, 3.63) is 92.6 Å². The zero-order valence-corrected chi connectivity index (χ0v) is 24.7. The van der Waals surface area contributed by atoms with Crippen LogP contribution in [0.1, 0.15) is 73.0 Å². The zero-order valence-electron chi connectivity index (χ0n) is 24.7. The highest BCUT2D eigenvalue weighted by atomic mass is 16.5. The summed E-state index contributed by atoms with van der Waals surface area (Å²) in [6, 6.07) is 6.29. The maximum atomic E-state index is 14.2. The quantitative estimate of drug-likeness (QED) is 0.102. The molecular weight excluding hydrogens is 600 g/mol. The number of fused-ring (bicyclic) bond motifs is 1. The predicted octanol–water partition coefficient (Wildman–Crippen LogP) is 4.09. The van der Waals surface area contributed by atoms with Gasteiger partial charge in [0.1, 0.15) is 51.7 Å². The van der Waals surface area contributed by atoms with E-state index in [1.165, 1.54) is 25.1 Å². The minimum absolute atomic E-state index is 0.0478. The molecule has 4 aliphatic carbocycles. The molecular formula is C34H28O12. The van der Waals surface area contributed by atoms with Crippen molar-refractivity contribution in [3.8, 4) is 28.7 Å². The van der Waals surface area contributed by atoms with E-state index in [1.807, 2.05) is 0 Å². The molecule has 3 aromatic rings. The maximum absolute atomic E-state index is 14.2. The molecule has 2 bridgehead atoms. The summed E-state index contributed by atoms with van der Waals surface area (Å²) in [7, 11) is 1.04. The smallest absolute Gasteiger partial charge is 0.342 e. The summed E-state index contributed by atoms with van der Waals surface area (Å²) in [5.74, 6) is -8.08. The van der Waals surface area contributed by atoms with E-state index in [9.17, 15) is 49.8 Å². The molecule has 0 aliphatic heterocycles. The average molecular weight is 629 g/mol. The van der Waals surface area contributed by atoms with Gasteiger partial charge in [-0.05, 0) is 48.7 Å². The largest absolute Gasteiger partial charge is 0.508 e. The highest BCUT2D eigenvalue weighted by molar-refractivity contribution is 6.12. The second-order valence-corrected chi connectivity index (χ2v) is 11.6. The van der Waals surface area contributed by atoms with Gasteiger partial charge in [0.25, 0.3) is 0 Å². The number of rotatable bonds is 5. The van der Waals surface area contributed by atoms with E-state index >= 15 is 0 Å². The van der Waals surface area contributed by atoms with Crippen LogP contribution >= 0.6 is 0 Å². The summed E-state index contributed by atoms with van der Waals surface area (Å²) >= 11 is 0. The zero-order chi connectivity index (χ0) is 33.4. The Morgan fingerprint density at radius 1 is 0.935 bits per heavy atom. The van der Waals surface area contributed by atoms with Crippen molar-refractivity contribution in [3.63, 3.8) is 0 Å².